The standard InChI is InChI=1S/C19H24N6S/c1-2-4-14(3-1)11-24-9-7-16(12-24)20-17-5-6-18-21-22-19(25(18)23-17)15-8-10-26-13-15/h5-6,8,10,13-14,16H,1-4,7,9,11-12H2,(H,20,23). The molecular formula is C19H24N6S. The fourth-order valence-electron chi connectivity index (χ4n) is 4.32. The van der Waals surface area contributed by atoms with E-state index in [1.54, 1.807) is 11.3 Å². The minimum Gasteiger partial charge on any atom is -0.365 e. The summed E-state index contributed by atoms with van der Waals surface area (Å²) >= 11 is 1.66. The van der Waals surface area contributed by atoms with E-state index in [1.807, 2.05) is 16.6 Å². The van der Waals surface area contributed by atoms with Crippen molar-refractivity contribution in [1.29, 1.82) is 0 Å². The van der Waals surface area contributed by atoms with Crippen molar-refractivity contribution in [3.05, 3.63) is 29.0 Å². The van der Waals surface area contributed by atoms with Gasteiger partial charge in [0.1, 0.15) is 5.82 Å². The molecule has 1 N–H and O–H groups in total. The molecule has 0 bridgehead atoms. The Bertz CT molecular complexity index is 867. The van der Waals surface area contributed by atoms with Gasteiger partial charge in [0.25, 0.3) is 0 Å². The summed E-state index contributed by atoms with van der Waals surface area (Å²) in [5.41, 5.74) is 1.85. The van der Waals surface area contributed by atoms with Crippen molar-refractivity contribution in [2.24, 2.45) is 5.92 Å². The van der Waals surface area contributed by atoms with Gasteiger partial charge < -0.3 is 10.2 Å². The number of nitrogens with zero attached hydrogens (tertiary/aromatic N) is 5. The van der Waals surface area contributed by atoms with Crippen LogP contribution in [0.2, 0.25) is 0 Å². The van der Waals surface area contributed by atoms with Crippen LogP contribution in [0, 0.1) is 5.92 Å². The molecule has 3 aromatic heterocycles. The van der Waals surface area contributed by atoms with Crippen molar-refractivity contribution >= 4 is 22.8 Å². The second-order valence-electron chi connectivity index (χ2n) is 7.56. The fourth-order valence-corrected chi connectivity index (χ4v) is 4.96. The van der Waals surface area contributed by atoms with Crippen molar-refractivity contribution < 1.29 is 0 Å². The number of rotatable bonds is 5. The Kier molecular flexibility index (Phi) is 4.34. The van der Waals surface area contributed by atoms with Gasteiger partial charge in [0.15, 0.2) is 11.5 Å². The summed E-state index contributed by atoms with van der Waals surface area (Å²) < 4.78 is 1.84. The first-order chi connectivity index (χ1) is 12.8. The van der Waals surface area contributed by atoms with Crippen molar-refractivity contribution in [2.45, 2.75) is 38.1 Å². The Morgan fingerprint density at radius 2 is 2.04 bits per heavy atom. The summed E-state index contributed by atoms with van der Waals surface area (Å²) in [6.45, 7) is 3.59. The van der Waals surface area contributed by atoms with E-state index in [-0.39, 0.29) is 0 Å². The first kappa shape index (κ1) is 16.2. The molecule has 0 aromatic carbocycles. The first-order valence-electron chi connectivity index (χ1n) is 9.59. The van der Waals surface area contributed by atoms with Crippen LogP contribution in [-0.2, 0) is 0 Å². The van der Waals surface area contributed by atoms with Crippen LogP contribution in [-0.4, -0.2) is 50.4 Å². The third-order valence-electron chi connectivity index (χ3n) is 5.66. The first-order valence-corrected chi connectivity index (χ1v) is 10.5. The van der Waals surface area contributed by atoms with Crippen LogP contribution >= 0.6 is 11.3 Å². The van der Waals surface area contributed by atoms with Crippen LogP contribution in [0.3, 0.4) is 0 Å². The van der Waals surface area contributed by atoms with Gasteiger partial charge in [-0.25, -0.2) is 0 Å². The molecule has 0 radical (unpaired) electrons. The Hall–Kier alpha value is -1.99. The molecule has 4 heterocycles. The van der Waals surface area contributed by atoms with Gasteiger partial charge in [-0.05, 0) is 48.8 Å². The quantitative estimate of drug-likeness (QED) is 0.747. The van der Waals surface area contributed by atoms with Gasteiger partial charge in [0.05, 0.1) is 0 Å². The summed E-state index contributed by atoms with van der Waals surface area (Å²) in [6, 6.07) is 6.54. The zero-order valence-corrected chi connectivity index (χ0v) is 15.7. The number of nitrogens with one attached hydrogen (secondary N) is 1. The molecule has 1 unspecified atom stereocenters. The van der Waals surface area contributed by atoms with E-state index in [0.29, 0.717) is 6.04 Å². The predicted molar refractivity (Wildman–Crippen MR) is 105 cm³/mol. The second-order valence-corrected chi connectivity index (χ2v) is 8.34. The molecule has 7 heteroatoms. The number of likely N-dealkylation sites (tertiary alicyclic amines) is 1. The molecule has 5 rings (SSSR count). The van der Waals surface area contributed by atoms with Gasteiger partial charge in [-0.1, -0.05) is 12.8 Å². The summed E-state index contributed by atoms with van der Waals surface area (Å²) in [6.07, 6.45) is 6.88. The minimum absolute atomic E-state index is 0.474. The van der Waals surface area contributed by atoms with Gasteiger partial charge in [0.2, 0.25) is 0 Å². The van der Waals surface area contributed by atoms with Crippen molar-refractivity contribution in [3.63, 3.8) is 0 Å². The Morgan fingerprint density at radius 3 is 2.88 bits per heavy atom. The molecule has 0 spiro atoms. The smallest absolute Gasteiger partial charge is 0.186 e. The maximum atomic E-state index is 4.75. The molecule has 1 atom stereocenters. The van der Waals surface area contributed by atoms with E-state index in [9.17, 15) is 0 Å². The number of hydrogen-bond acceptors (Lipinski definition) is 6. The molecule has 1 aliphatic heterocycles. The molecule has 1 aliphatic carbocycles. The Labute approximate surface area is 157 Å². The van der Waals surface area contributed by atoms with E-state index in [0.717, 1.165) is 35.3 Å². The summed E-state index contributed by atoms with van der Waals surface area (Å²) in [5, 5.41) is 21.0. The van der Waals surface area contributed by atoms with Crippen molar-refractivity contribution in [3.8, 4) is 11.4 Å². The molecule has 0 amide bonds. The Morgan fingerprint density at radius 1 is 1.12 bits per heavy atom. The van der Waals surface area contributed by atoms with Gasteiger partial charge >= 0.3 is 0 Å². The highest BCUT2D eigenvalue weighted by Gasteiger charge is 2.26. The number of fused-ring (bicyclic) bond motifs is 1. The van der Waals surface area contributed by atoms with Crippen LogP contribution in [0.1, 0.15) is 32.1 Å². The molecule has 26 heavy (non-hydrogen) atoms. The van der Waals surface area contributed by atoms with Gasteiger partial charge in [-0.15, -0.1) is 15.3 Å². The largest absolute Gasteiger partial charge is 0.365 e. The van der Waals surface area contributed by atoms with Crippen LogP contribution < -0.4 is 5.32 Å². The maximum absolute atomic E-state index is 4.75. The number of aromatic nitrogens is 4. The van der Waals surface area contributed by atoms with Gasteiger partial charge in [-0.2, -0.15) is 15.9 Å². The molecule has 1 saturated carbocycles. The molecule has 6 nitrogen and oxygen atoms in total. The lowest BCUT2D eigenvalue weighted by molar-refractivity contribution is 0.278. The SMILES string of the molecule is c1cc(-c2nnc3ccc(NC4CCN(CC5CCCC5)C4)nn23)cs1. The topological polar surface area (TPSA) is 58.4 Å². The van der Waals surface area contributed by atoms with E-state index in [1.165, 1.54) is 45.2 Å². The average Bonchev–Trinajstić information content (AvgIpc) is 3.43. The zero-order chi connectivity index (χ0) is 17.3. The fraction of sp³-hybridized carbons (Fsp3) is 0.526. The highest BCUT2D eigenvalue weighted by molar-refractivity contribution is 7.08. The van der Waals surface area contributed by atoms with Crippen molar-refractivity contribution in [1.82, 2.24) is 24.7 Å². The maximum Gasteiger partial charge on any atom is 0.186 e. The second kappa shape index (κ2) is 6.96. The number of anilines is 1. The normalized spacial score (nSPS) is 21.8. The predicted octanol–water partition coefficient (Wildman–Crippen LogP) is 3.53. The van der Waals surface area contributed by atoms with Crippen molar-refractivity contribution in [2.75, 3.05) is 25.0 Å². The van der Waals surface area contributed by atoms with Crippen LogP contribution in [0.25, 0.3) is 17.0 Å². The lowest BCUT2D eigenvalue weighted by Gasteiger charge is -2.20. The summed E-state index contributed by atoms with van der Waals surface area (Å²) in [7, 11) is 0. The number of hydrogen-bond donors (Lipinski definition) is 1. The zero-order valence-electron chi connectivity index (χ0n) is 14.8. The monoisotopic (exact) mass is 368 g/mol. The van der Waals surface area contributed by atoms with Gasteiger partial charge in [0, 0.05) is 36.6 Å². The summed E-state index contributed by atoms with van der Waals surface area (Å²) in [4.78, 5) is 2.63. The summed E-state index contributed by atoms with van der Waals surface area (Å²) in [5.74, 6) is 2.63. The highest BCUT2D eigenvalue weighted by Crippen LogP contribution is 2.27. The molecule has 136 valence electrons. The Balaban J connectivity index is 1.28. The van der Waals surface area contributed by atoms with E-state index < -0.39 is 0 Å². The molecule has 2 fully saturated rings. The van der Waals surface area contributed by atoms with E-state index >= 15 is 0 Å². The lowest BCUT2D eigenvalue weighted by atomic mass is 10.1. The van der Waals surface area contributed by atoms with Crippen LogP contribution in [0.15, 0.2) is 29.0 Å². The average molecular weight is 369 g/mol. The van der Waals surface area contributed by atoms with E-state index in [4.69, 9.17) is 5.10 Å². The third kappa shape index (κ3) is 3.21. The third-order valence-corrected chi connectivity index (χ3v) is 6.34. The molecule has 3 aromatic rings. The number of thiophene rings is 1. The lowest BCUT2D eigenvalue weighted by Crippen LogP contribution is -2.30. The van der Waals surface area contributed by atoms with Crippen LogP contribution in [0.5, 0.6) is 0 Å². The molecule has 2 aliphatic rings. The molecule has 1 saturated heterocycles. The van der Waals surface area contributed by atoms with Gasteiger partial charge in [-0.3, -0.25) is 0 Å². The van der Waals surface area contributed by atoms with E-state index in [2.05, 4.69) is 37.2 Å². The minimum atomic E-state index is 0.474. The highest BCUT2D eigenvalue weighted by atomic mass is 32.1. The molecular weight excluding hydrogens is 344 g/mol. The van der Waals surface area contributed by atoms with Crippen LogP contribution in [0.4, 0.5) is 5.82 Å².